The molecule has 0 aromatic heterocycles. The molecule has 0 bridgehead atoms. The van der Waals surface area contributed by atoms with Crippen LogP contribution in [-0.2, 0) is 15.0 Å². The summed E-state index contributed by atoms with van der Waals surface area (Å²) in [5.74, 6) is -0.887. The van der Waals surface area contributed by atoms with Crippen molar-refractivity contribution >= 4 is 11.9 Å². The number of rotatable bonds is 4. The van der Waals surface area contributed by atoms with Gasteiger partial charge in [-0.15, -0.1) is 0 Å². The van der Waals surface area contributed by atoms with E-state index in [0.29, 0.717) is 44.5 Å². The number of hydrogen-bond donors (Lipinski definition) is 1. The van der Waals surface area contributed by atoms with Crippen molar-refractivity contribution in [2.24, 2.45) is 5.41 Å². The molecule has 142 valence electrons. The third kappa shape index (κ3) is 3.55. The number of likely N-dealkylation sites (tertiary alicyclic amines) is 1. The summed E-state index contributed by atoms with van der Waals surface area (Å²) in [4.78, 5) is 25.5. The van der Waals surface area contributed by atoms with Gasteiger partial charge in [0.15, 0.2) is 0 Å². The minimum Gasteiger partial charge on any atom is -0.490 e. The van der Waals surface area contributed by atoms with Crippen molar-refractivity contribution in [3.63, 3.8) is 0 Å². The van der Waals surface area contributed by atoms with Crippen LogP contribution in [0.5, 0.6) is 5.75 Å². The first kappa shape index (κ1) is 18.7. The minimum absolute atomic E-state index is 0.0643. The lowest BCUT2D eigenvalue weighted by atomic mass is 9.86. The first-order valence-electron chi connectivity index (χ1n) is 9.13. The van der Waals surface area contributed by atoms with Crippen LogP contribution in [0.25, 0.3) is 0 Å². The number of carboxylic acid groups (broad SMARTS) is 1. The molecule has 26 heavy (non-hydrogen) atoms. The molecule has 1 saturated heterocycles. The Balaban J connectivity index is 1.63. The number of carboxylic acids is 1. The van der Waals surface area contributed by atoms with Crippen LogP contribution in [0.4, 0.5) is 4.39 Å². The molecule has 2 fully saturated rings. The second-order valence-corrected chi connectivity index (χ2v) is 8.39. The maximum atomic E-state index is 13.6. The van der Waals surface area contributed by atoms with Crippen molar-refractivity contribution in [2.75, 3.05) is 13.1 Å². The molecule has 5 nitrogen and oxygen atoms in total. The second kappa shape index (κ2) is 6.56. The van der Waals surface area contributed by atoms with Gasteiger partial charge in [-0.3, -0.25) is 9.59 Å². The zero-order valence-electron chi connectivity index (χ0n) is 15.5. The second-order valence-electron chi connectivity index (χ2n) is 8.39. The molecular formula is C20H26FNO4. The molecule has 1 heterocycles. The van der Waals surface area contributed by atoms with Crippen molar-refractivity contribution < 1.29 is 23.8 Å². The predicted octanol–water partition coefficient (Wildman–Crippen LogP) is 3.36. The molecule has 1 saturated carbocycles. The van der Waals surface area contributed by atoms with Gasteiger partial charge in [0.05, 0.1) is 0 Å². The van der Waals surface area contributed by atoms with E-state index in [1.54, 1.807) is 11.0 Å². The largest absolute Gasteiger partial charge is 0.490 e. The fourth-order valence-corrected chi connectivity index (χ4v) is 3.49. The Morgan fingerprint density at radius 3 is 2.35 bits per heavy atom. The molecule has 1 aliphatic heterocycles. The predicted molar refractivity (Wildman–Crippen MR) is 94.6 cm³/mol. The molecular weight excluding hydrogens is 337 g/mol. The first-order chi connectivity index (χ1) is 12.1. The van der Waals surface area contributed by atoms with E-state index in [9.17, 15) is 19.1 Å². The van der Waals surface area contributed by atoms with Crippen LogP contribution >= 0.6 is 0 Å². The molecule has 0 radical (unpaired) electrons. The van der Waals surface area contributed by atoms with Crippen LogP contribution < -0.4 is 4.74 Å². The normalized spacial score (nSPS) is 19.9. The fraction of sp³-hybridized carbons (Fsp3) is 0.600. The maximum Gasteiger partial charge on any atom is 0.319 e. The summed E-state index contributed by atoms with van der Waals surface area (Å²) in [6, 6.07) is 4.57. The number of nitrogens with zero attached hydrogens (tertiary/aromatic N) is 1. The highest BCUT2D eigenvalue weighted by atomic mass is 19.1. The van der Waals surface area contributed by atoms with Crippen molar-refractivity contribution in [1.82, 2.24) is 4.90 Å². The van der Waals surface area contributed by atoms with Crippen LogP contribution in [0.15, 0.2) is 18.2 Å². The Labute approximate surface area is 153 Å². The van der Waals surface area contributed by atoms with E-state index in [1.807, 2.05) is 20.8 Å². The molecule has 3 rings (SSSR count). The molecule has 0 atom stereocenters. The van der Waals surface area contributed by atoms with Crippen molar-refractivity contribution in [1.29, 1.82) is 0 Å². The van der Waals surface area contributed by atoms with Crippen LogP contribution in [0, 0.1) is 11.2 Å². The van der Waals surface area contributed by atoms with Gasteiger partial charge in [0, 0.05) is 31.5 Å². The van der Waals surface area contributed by atoms with Gasteiger partial charge in [0.2, 0.25) is 5.91 Å². The fourth-order valence-electron chi connectivity index (χ4n) is 3.49. The number of hydrogen-bond acceptors (Lipinski definition) is 3. The number of amides is 1. The van der Waals surface area contributed by atoms with Crippen LogP contribution in [0.1, 0.15) is 52.0 Å². The van der Waals surface area contributed by atoms with Gasteiger partial charge in [0.1, 0.15) is 23.1 Å². The molecule has 0 unspecified atom stereocenters. The standard InChI is InChI=1S/C20H26FNO4/c1-19(2,3)15-12-13(21)4-5-16(15)26-14-6-10-22(11-7-14)17(23)20(8-9-20)18(24)25/h4-5,12,14H,6-11H2,1-3H3,(H,24,25). The van der Waals surface area contributed by atoms with Gasteiger partial charge >= 0.3 is 5.97 Å². The SMILES string of the molecule is CC(C)(C)c1cc(F)ccc1OC1CCN(C(=O)C2(C(=O)O)CC2)CC1. The van der Waals surface area contributed by atoms with E-state index in [2.05, 4.69) is 0 Å². The Kier molecular flexibility index (Phi) is 4.71. The summed E-state index contributed by atoms with van der Waals surface area (Å²) in [7, 11) is 0. The zero-order chi connectivity index (χ0) is 19.1. The van der Waals surface area contributed by atoms with E-state index in [-0.39, 0.29) is 23.2 Å². The number of carbonyl (C=O) groups is 2. The molecule has 6 heteroatoms. The highest BCUT2D eigenvalue weighted by molar-refractivity contribution is 6.04. The van der Waals surface area contributed by atoms with Gasteiger partial charge in [-0.1, -0.05) is 20.8 Å². The highest BCUT2D eigenvalue weighted by Crippen LogP contribution is 2.47. The van der Waals surface area contributed by atoms with E-state index in [4.69, 9.17) is 4.74 Å². The minimum atomic E-state index is -1.18. The van der Waals surface area contributed by atoms with Crippen LogP contribution in [-0.4, -0.2) is 41.1 Å². The highest BCUT2D eigenvalue weighted by Gasteiger charge is 2.58. The first-order valence-corrected chi connectivity index (χ1v) is 9.13. The third-order valence-corrected chi connectivity index (χ3v) is 5.34. The van der Waals surface area contributed by atoms with Gasteiger partial charge in [-0.2, -0.15) is 0 Å². The lowest BCUT2D eigenvalue weighted by Crippen LogP contribution is -2.47. The lowest BCUT2D eigenvalue weighted by Gasteiger charge is -2.34. The number of carbonyl (C=O) groups excluding carboxylic acids is 1. The Morgan fingerprint density at radius 2 is 1.85 bits per heavy atom. The lowest BCUT2D eigenvalue weighted by molar-refractivity contribution is -0.154. The summed E-state index contributed by atoms with van der Waals surface area (Å²) in [5.41, 5.74) is -0.600. The number of aliphatic carboxylic acids is 1. The molecule has 1 aromatic rings. The summed E-state index contributed by atoms with van der Waals surface area (Å²) in [6.45, 7) is 7.01. The summed E-state index contributed by atoms with van der Waals surface area (Å²) >= 11 is 0. The number of halogens is 1. The smallest absolute Gasteiger partial charge is 0.319 e. The van der Waals surface area contributed by atoms with Gasteiger partial charge in [-0.05, 0) is 36.5 Å². The van der Waals surface area contributed by atoms with Crippen molar-refractivity contribution in [2.45, 2.75) is 58.0 Å². The van der Waals surface area contributed by atoms with Crippen molar-refractivity contribution in [3.8, 4) is 5.75 Å². The zero-order valence-corrected chi connectivity index (χ0v) is 15.5. The van der Waals surface area contributed by atoms with Gasteiger partial charge in [0.25, 0.3) is 0 Å². The average Bonchev–Trinajstić information content (AvgIpc) is 3.37. The number of ether oxygens (including phenoxy) is 1. The molecule has 0 spiro atoms. The quantitative estimate of drug-likeness (QED) is 0.833. The van der Waals surface area contributed by atoms with E-state index < -0.39 is 11.4 Å². The Hall–Kier alpha value is -2.11. The average molecular weight is 363 g/mol. The van der Waals surface area contributed by atoms with Crippen molar-refractivity contribution in [3.05, 3.63) is 29.6 Å². The van der Waals surface area contributed by atoms with Gasteiger partial charge < -0.3 is 14.7 Å². The monoisotopic (exact) mass is 363 g/mol. The number of benzene rings is 1. The van der Waals surface area contributed by atoms with E-state index in [0.717, 1.165) is 5.56 Å². The van der Waals surface area contributed by atoms with E-state index >= 15 is 0 Å². The molecule has 1 aromatic carbocycles. The topological polar surface area (TPSA) is 66.8 Å². The molecule has 1 aliphatic carbocycles. The Morgan fingerprint density at radius 1 is 1.23 bits per heavy atom. The molecule has 1 N–H and O–H groups in total. The molecule has 1 amide bonds. The summed E-state index contributed by atoms with van der Waals surface area (Å²) < 4.78 is 19.8. The molecule has 2 aliphatic rings. The Bertz CT molecular complexity index is 713. The maximum absolute atomic E-state index is 13.6. The number of piperidine rings is 1. The summed E-state index contributed by atoms with van der Waals surface area (Å²) in [5, 5.41) is 9.28. The van der Waals surface area contributed by atoms with Crippen LogP contribution in [0.3, 0.4) is 0 Å². The van der Waals surface area contributed by atoms with Gasteiger partial charge in [-0.25, -0.2) is 4.39 Å². The summed E-state index contributed by atoms with van der Waals surface area (Å²) in [6.07, 6.45) is 2.08. The third-order valence-electron chi connectivity index (χ3n) is 5.34. The van der Waals surface area contributed by atoms with Crippen LogP contribution in [0.2, 0.25) is 0 Å². The van der Waals surface area contributed by atoms with E-state index in [1.165, 1.54) is 12.1 Å².